The second-order valence-electron chi connectivity index (χ2n) is 5.93. The van der Waals surface area contributed by atoms with Gasteiger partial charge >= 0.3 is 0 Å². The predicted octanol–water partition coefficient (Wildman–Crippen LogP) is 3.92. The summed E-state index contributed by atoms with van der Waals surface area (Å²) < 4.78 is 0. The minimum absolute atomic E-state index is 0.0773. The number of nitrogens with one attached hydrogen (secondary N) is 1. The normalized spacial score (nSPS) is 10.9. The van der Waals surface area contributed by atoms with Crippen LogP contribution in [0.3, 0.4) is 0 Å². The van der Waals surface area contributed by atoms with Gasteiger partial charge < -0.3 is 10.2 Å². The lowest BCUT2D eigenvalue weighted by Crippen LogP contribution is -2.14. The molecule has 2 aromatic carbocycles. The number of amides is 1. The van der Waals surface area contributed by atoms with Crippen molar-refractivity contribution in [3.8, 4) is 6.07 Å². The van der Waals surface area contributed by atoms with E-state index in [2.05, 4.69) is 5.32 Å². The summed E-state index contributed by atoms with van der Waals surface area (Å²) in [7, 11) is 3.92. The minimum atomic E-state index is -0.400. The zero-order chi connectivity index (χ0) is 17.7. The maximum absolute atomic E-state index is 12.4. The molecule has 1 N–H and O–H groups in total. The molecular formula is C20H21N3O. The van der Waals surface area contributed by atoms with Crippen LogP contribution in [0, 0.1) is 25.2 Å². The largest absolute Gasteiger partial charge is 0.378 e. The van der Waals surface area contributed by atoms with Gasteiger partial charge in [0.05, 0.1) is 0 Å². The van der Waals surface area contributed by atoms with E-state index < -0.39 is 5.91 Å². The fraction of sp³-hybridized carbons (Fsp3) is 0.200. The molecule has 0 atom stereocenters. The topological polar surface area (TPSA) is 56.1 Å². The van der Waals surface area contributed by atoms with E-state index >= 15 is 0 Å². The van der Waals surface area contributed by atoms with E-state index in [0.717, 1.165) is 28.1 Å². The van der Waals surface area contributed by atoms with Crippen LogP contribution in [0.4, 0.5) is 11.4 Å². The number of carbonyl (C=O) groups is 1. The van der Waals surface area contributed by atoms with E-state index in [1.54, 1.807) is 6.08 Å². The molecule has 0 radical (unpaired) electrons. The third-order valence-electron chi connectivity index (χ3n) is 3.73. The highest BCUT2D eigenvalue weighted by Crippen LogP contribution is 2.18. The van der Waals surface area contributed by atoms with Crippen LogP contribution >= 0.6 is 0 Å². The number of rotatable bonds is 4. The van der Waals surface area contributed by atoms with E-state index in [9.17, 15) is 10.1 Å². The van der Waals surface area contributed by atoms with Gasteiger partial charge in [-0.1, -0.05) is 24.3 Å². The molecule has 0 aliphatic carbocycles. The molecule has 0 bridgehead atoms. The zero-order valence-electron chi connectivity index (χ0n) is 14.4. The molecule has 122 valence electrons. The molecule has 1 amide bonds. The lowest BCUT2D eigenvalue weighted by atomic mass is 10.1. The summed E-state index contributed by atoms with van der Waals surface area (Å²) in [5, 5.41) is 12.1. The highest BCUT2D eigenvalue weighted by atomic mass is 16.1. The highest BCUT2D eigenvalue weighted by Gasteiger charge is 2.11. The molecule has 0 aromatic heterocycles. The van der Waals surface area contributed by atoms with Crippen LogP contribution in [-0.2, 0) is 4.79 Å². The molecule has 0 saturated carbocycles. The van der Waals surface area contributed by atoms with Crippen LogP contribution in [0.15, 0.2) is 48.0 Å². The molecule has 2 aromatic rings. The number of hydrogen-bond acceptors (Lipinski definition) is 3. The summed E-state index contributed by atoms with van der Waals surface area (Å²) in [5.41, 5.74) is 4.69. The third kappa shape index (κ3) is 4.23. The number of anilines is 2. The number of nitriles is 1. The van der Waals surface area contributed by atoms with Crippen molar-refractivity contribution in [1.82, 2.24) is 0 Å². The van der Waals surface area contributed by atoms with Crippen LogP contribution in [0.5, 0.6) is 0 Å². The van der Waals surface area contributed by atoms with Crippen LogP contribution in [0.25, 0.3) is 6.08 Å². The molecule has 0 fully saturated rings. The Morgan fingerprint density at radius 3 is 2.38 bits per heavy atom. The molecule has 0 spiro atoms. The molecule has 0 heterocycles. The lowest BCUT2D eigenvalue weighted by Gasteiger charge is -2.12. The highest BCUT2D eigenvalue weighted by molar-refractivity contribution is 6.10. The number of aryl methyl sites for hydroxylation is 2. The van der Waals surface area contributed by atoms with E-state index in [4.69, 9.17) is 0 Å². The summed E-state index contributed by atoms with van der Waals surface area (Å²) in [6.07, 6.45) is 1.60. The standard InChI is InChI=1S/C20H21N3O/c1-14-5-6-15(2)19(11-14)22-20(24)17(13-21)12-16-7-9-18(10-8-16)23(3)4/h5-12H,1-4H3,(H,22,24). The molecule has 0 saturated heterocycles. The van der Waals surface area contributed by atoms with Crippen molar-refractivity contribution in [2.24, 2.45) is 0 Å². The first-order valence-corrected chi connectivity index (χ1v) is 7.68. The van der Waals surface area contributed by atoms with Gasteiger partial charge in [0.2, 0.25) is 0 Å². The fourth-order valence-corrected chi connectivity index (χ4v) is 2.24. The monoisotopic (exact) mass is 319 g/mol. The van der Waals surface area contributed by atoms with Crippen molar-refractivity contribution < 1.29 is 4.79 Å². The number of benzene rings is 2. The van der Waals surface area contributed by atoms with Gasteiger partial charge in [0.15, 0.2) is 0 Å². The van der Waals surface area contributed by atoms with Gasteiger partial charge in [-0.2, -0.15) is 5.26 Å². The van der Waals surface area contributed by atoms with Crippen LogP contribution in [-0.4, -0.2) is 20.0 Å². The quantitative estimate of drug-likeness (QED) is 0.686. The number of nitrogens with zero attached hydrogens (tertiary/aromatic N) is 2. The van der Waals surface area contributed by atoms with E-state index in [0.29, 0.717) is 0 Å². The Morgan fingerprint density at radius 2 is 1.79 bits per heavy atom. The molecule has 0 aliphatic rings. The first-order valence-electron chi connectivity index (χ1n) is 7.68. The summed E-state index contributed by atoms with van der Waals surface area (Å²) in [5.74, 6) is -0.400. The van der Waals surface area contributed by atoms with Gasteiger partial charge in [0, 0.05) is 25.5 Å². The van der Waals surface area contributed by atoms with Gasteiger partial charge in [0.1, 0.15) is 11.6 Å². The third-order valence-corrected chi connectivity index (χ3v) is 3.73. The van der Waals surface area contributed by atoms with Crippen molar-refractivity contribution in [2.45, 2.75) is 13.8 Å². The Hall–Kier alpha value is -3.06. The summed E-state index contributed by atoms with van der Waals surface area (Å²) in [6.45, 7) is 3.88. The molecular weight excluding hydrogens is 298 g/mol. The fourth-order valence-electron chi connectivity index (χ4n) is 2.24. The summed E-state index contributed by atoms with van der Waals surface area (Å²) in [4.78, 5) is 14.4. The predicted molar refractivity (Wildman–Crippen MR) is 98.9 cm³/mol. The molecule has 0 aliphatic heterocycles. The SMILES string of the molecule is Cc1ccc(C)c(NC(=O)C(C#N)=Cc2ccc(N(C)C)cc2)c1. The van der Waals surface area contributed by atoms with E-state index in [1.165, 1.54) is 0 Å². The average molecular weight is 319 g/mol. The Labute approximate surface area is 143 Å². The molecule has 4 nitrogen and oxygen atoms in total. The van der Waals surface area contributed by atoms with Crippen LogP contribution in [0.2, 0.25) is 0 Å². The van der Waals surface area contributed by atoms with Crippen LogP contribution in [0.1, 0.15) is 16.7 Å². The molecule has 4 heteroatoms. The Balaban J connectivity index is 2.22. The molecule has 0 unspecified atom stereocenters. The first kappa shape index (κ1) is 17.3. The second-order valence-corrected chi connectivity index (χ2v) is 5.93. The molecule has 2 rings (SSSR count). The maximum atomic E-state index is 12.4. The van der Waals surface area contributed by atoms with Gasteiger partial charge in [-0.05, 0) is 54.8 Å². The smallest absolute Gasteiger partial charge is 0.266 e. The Bertz CT molecular complexity index is 812. The van der Waals surface area contributed by atoms with E-state index in [1.807, 2.05) is 81.4 Å². The Kier molecular flexibility index (Phi) is 5.39. The van der Waals surface area contributed by atoms with Gasteiger partial charge in [-0.25, -0.2) is 0 Å². The number of hydrogen-bond donors (Lipinski definition) is 1. The second kappa shape index (κ2) is 7.47. The van der Waals surface area contributed by atoms with Crippen LogP contribution < -0.4 is 10.2 Å². The zero-order valence-corrected chi connectivity index (χ0v) is 14.4. The van der Waals surface area contributed by atoms with Gasteiger partial charge in [-0.3, -0.25) is 4.79 Å². The number of carbonyl (C=O) groups excluding carboxylic acids is 1. The summed E-state index contributed by atoms with van der Waals surface area (Å²) >= 11 is 0. The van der Waals surface area contributed by atoms with E-state index in [-0.39, 0.29) is 5.57 Å². The molecule has 24 heavy (non-hydrogen) atoms. The van der Waals surface area contributed by atoms with Crippen molar-refractivity contribution in [3.05, 3.63) is 64.7 Å². The van der Waals surface area contributed by atoms with Crippen molar-refractivity contribution in [1.29, 1.82) is 5.26 Å². The van der Waals surface area contributed by atoms with Crippen molar-refractivity contribution in [3.63, 3.8) is 0 Å². The average Bonchev–Trinajstić information content (AvgIpc) is 2.56. The first-order chi connectivity index (χ1) is 11.4. The lowest BCUT2D eigenvalue weighted by molar-refractivity contribution is -0.112. The minimum Gasteiger partial charge on any atom is -0.378 e. The van der Waals surface area contributed by atoms with Gasteiger partial charge in [-0.15, -0.1) is 0 Å². The summed E-state index contributed by atoms with van der Waals surface area (Å²) in [6, 6.07) is 15.5. The van der Waals surface area contributed by atoms with Gasteiger partial charge in [0.25, 0.3) is 5.91 Å². The van der Waals surface area contributed by atoms with Crippen molar-refractivity contribution in [2.75, 3.05) is 24.3 Å². The Morgan fingerprint density at radius 1 is 1.12 bits per heavy atom. The van der Waals surface area contributed by atoms with Crippen molar-refractivity contribution >= 4 is 23.4 Å². The maximum Gasteiger partial charge on any atom is 0.266 e.